The highest BCUT2D eigenvalue weighted by atomic mass is 16.5. The van der Waals surface area contributed by atoms with Gasteiger partial charge in [0, 0.05) is 25.6 Å². The maximum atomic E-state index is 13.1. The van der Waals surface area contributed by atoms with Gasteiger partial charge in [0.25, 0.3) is 5.91 Å². The molecule has 1 unspecified atom stereocenters. The van der Waals surface area contributed by atoms with Gasteiger partial charge in [-0.25, -0.2) is 4.79 Å². The molecule has 2 aromatic rings. The zero-order chi connectivity index (χ0) is 19.1. The Bertz CT molecular complexity index is 952. The first kappa shape index (κ1) is 17.8. The number of carbonyl (C=O) groups is 2. The van der Waals surface area contributed by atoms with Crippen molar-refractivity contribution in [1.29, 1.82) is 0 Å². The highest BCUT2D eigenvalue weighted by molar-refractivity contribution is 6.06. The van der Waals surface area contributed by atoms with Crippen molar-refractivity contribution in [2.75, 3.05) is 26.7 Å². The monoisotopic (exact) mass is 372 g/mol. The van der Waals surface area contributed by atoms with Gasteiger partial charge >= 0.3 is 5.69 Å². The summed E-state index contributed by atoms with van der Waals surface area (Å²) < 4.78 is 8.50. The molecule has 2 fully saturated rings. The van der Waals surface area contributed by atoms with Gasteiger partial charge in [0.2, 0.25) is 0 Å². The molecule has 144 valence electrons. The highest BCUT2D eigenvalue weighted by Crippen LogP contribution is 2.38. The number of amides is 1. The lowest BCUT2D eigenvalue weighted by atomic mass is 9.88. The molecular formula is C19H24N4O4. The van der Waals surface area contributed by atoms with E-state index in [4.69, 9.17) is 4.74 Å². The number of ether oxygens (including phenoxy) is 1. The number of aromatic nitrogens is 2. The first-order valence-electron chi connectivity index (χ1n) is 9.33. The number of benzene rings is 1. The summed E-state index contributed by atoms with van der Waals surface area (Å²) in [6.07, 6.45) is 2.12. The van der Waals surface area contributed by atoms with Gasteiger partial charge in [0.15, 0.2) is 11.8 Å². The van der Waals surface area contributed by atoms with Crippen LogP contribution < -0.4 is 21.1 Å². The first-order chi connectivity index (χ1) is 13.0. The van der Waals surface area contributed by atoms with E-state index in [1.165, 1.54) is 4.57 Å². The molecule has 8 heteroatoms. The summed E-state index contributed by atoms with van der Waals surface area (Å²) in [4.78, 5) is 37.9. The third-order valence-corrected chi connectivity index (χ3v) is 5.69. The summed E-state index contributed by atoms with van der Waals surface area (Å²) in [6.45, 7) is 2.13. The number of fused-ring (bicyclic) bond motifs is 1. The summed E-state index contributed by atoms with van der Waals surface area (Å²) >= 11 is 0. The minimum atomic E-state index is -1.11. The average Bonchev–Trinajstić information content (AvgIpc) is 2.93. The largest absolute Gasteiger partial charge is 0.496 e. The lowest BCUT2D eigenvalue weighted by molar-refractivity contribution is -0.135. The van der Waals surface area contributed by atoms with E-state index < -0.39 is 11.9 Å². The maximum absolute atomic E-state index is 13.1. The Balaban J connectivity index is 1.98. The number of nitrogens with one attached hydrogen (secondary N) is 2. The number of aryl methyl sites for hydroxylation is 1. The number of hydrogen-bond donors (Lipinski definition) is 2. The first-order valence-corrected chi connectivity index (χ1v) is 9.33. The van der Waals surface area contributed by atoms with E-state index in [9.17, 15) is 14.4 Å². The predicted molar refractivity (Wildman–Crippen MR) is 100 cm³/mol. The van der Waals surface area contributed by atoms with Crippen molar-refractivity contribution in [3.05, 3.63) is 28.2 Å². The van der Waals surface area contributed by atoms with E-state index in [0.29, 0.717) is 12.1 Å². The lowest BCUT2D eigenvalue weighted by Gasteiger charge is -2.26. The molecule has 2 aliphatic rings. The van der Waals surface area contributed by atoms with Crippen molar-refractivity contribution in [2.24, 2.45) is 7.05 Å². The molecule has 27 heavy (non-hydrogen) atoms. The van der Waals surface area contributed by atoms with Crippen molar-refractivity contribution in [1.82, 2.24) is 19.8 Å². The Morgan fingerprint density at radius 2 is 1.85 bits per heavy atom. The van der Waals surface area contributed by atoms with E-state index in [-0.39, 0.29) is 23.8 Å². The minimum Gasteiger partial charge on any atom is -0.496 e. The van der Waals surface area contributed by atoms with E-state index >= 15 is 0 Å². The molecule has 2 aliphatic heterocycles. The van der Waals surface area contributed by atoms with Crippen molar-refractivity contribution in [2.45, 2.75) is 31.2 Å². The van der Waals surface area contributed by atoms with Gasteiger partial charge < -0.3 is 15.4 Å². The average molecular weight is 372 g/mol. The predicted octanol–water partition coefficient (Wildman–Crippen LogP) is 0.446. The Morgan fingerprint density at radius 3 is 2.52 bits per heavy atom. The molecule has 1 aromatic heterocycles. The normalized spacial score (nSPS) is 21.5. The van der Waals surface area contributed by atoms with Gasteiger partial charge in [-0.3, -0.25) is 18.7 Å². The van der Waals surface area contributed by atoms with Gasteiger partial charge in [0.05, 0.1) is 18.1 Å². The van der Waals surface area contributed by atoms with Crippen molar-refractivity contribution < 1.29 is 14.3 Å². The molecule has 3 heterocycles. The number of ketones is 1. The van der Waals surface area contributed by atoms with Gasteiger partial charge in [-0.2, -0.15) is 0 Å². The summed E-state index contributed by atoms with van der Waals surface area (Å²) in [7, 11) is 3.31. The van der Waals surface area contributed by atoms with Gasteiger partial charge in [0.1, 0.15) is 5.75 Å². The van der Waals surface area contributed by atoms with Crippen LogP contribution in [-0.4, -0.2) is 47.6 Å². The Kier molecular flexibility index (Phi) is 4.51. The standard InChI is InChI=1S/C19H24N4O4/c1-22-16-12(23(19(22)26)17-13(24)7-10-21-18(17)25)3-4-14(27-2)15(16)11-5-8-20-9-6-11/h3-4,11,17,20H,5-10H2,1-2H3,(H,21,25). The summed E-state index contributed by atoms with van der Waals surface area (Å²) in [5, 5.41) is 6.05. The zero-order valence-corrected chi connectivity index (χ0v) is 15.6. The van der Waals surface area contributed by atoms with E-state index in [0.717, 1.165) is 42.8 Å². The molecule has 0 spiro atoms. The molecule has 0 radical (unpaired) electrons. The maximum Gasteiger partial charge on any atom is 0.329 e. The molecule has 2 saturated heterocycles. The van der Waals surface area contributed by atoms with Crippen LogP contribution in [0.25, 0.3) is 11.0 Å². The number of hydrogen-bond acceptors (Lipinski definition) is 5. The topological polar surface area (TPSA) is 94.4 Å². The number of nitrogens with zero attached hydrogens (tertiary/aromatic N) is 2. The molecule has 8 nitrogen and oxygen atoms in total. The Labute approximate surface area is 156 Å². The second-order valence-corrected chi connectivity index (χ2v) is 7.19. The van der Waals surface area contributed by atoms with Gasteiger partial charge in [-0.1, -0.05) is 0 Å². The van der Waals surface area contributed by atoms with Crippen LogP contribution in [-0.2, 0) is 16.6 Å². The molecule has 1 aromatic carbocycles. The molecule has 0 aliphatic carbocycles. The fraction of sp³-hybridized carbons (Fsp3) is 0.526. The third-order valence-electron chi connectivity index (χ3n) is 5.69. The van der Waals surface area contributed by atoms with Crippen LogP contribution in [0, 0.1) is 0 Å². The third kappa shape index (κ3) is 2.75. The van der Waals surface area contributed by atoms with Crippen LogP contribution in [0.5, 0.6) is 5.75 Å². The van der Waals surface area contributed by atoms with Crippen LogP contribution in [0.2, 0.25) is 0 Å². The molecular weight excluding hydrogens is 348 g/mol. The minimum absolute atomic E-state index is 0.229. The summed E-state index contributed by atoms with van der Waals surface area (Å²) in [5.74, 6) is 0.344. The molecule has 0 saturated carbocycles. The molecule has 1 atom stereocenters. The van der Waals surface area contributed by atoms with Crippen LogP contribution in [0.3, 0.4) is 0 Å². The van der Waals surface area contributed by atoms with E-state index in [1.54, 1.807) is 24.8 Å². The smallest absolute Gasteiger partial charge is 0.329 e. The van der Waals surface area contributed by atoms with Crippen molar-refractivity contribution >= 4 is 22.7 Å². The van der Waals surface area contributed by atoms with E-state index in [2.05, 4.69) is 10.6 Å². The second kappa shape index (κ2) is 6.84. The number of methoxy groups -OCH3 is 1. The Morgan fingerprint density at radius 1 is 1.11 bits per heavy atom. The lowest BCUT2D eigenvalue weighted by Crippen LogP contribution is -2.46. The molecule has 1 amide bonds. The molecule has 0 bridgehead atoms. The fourth-order valence-electron chi connectivity index (χ4n) is 4.37. The fourth-order valence-corrected chi connectivity index (χ4v) is 4.37. The zero-order valence-electron chi connectivity index (χ0n) is 15.6. The van der Waals surface area contributed by atoms with Crippen molar-refractivity contribution in [3.63, 3.8) is 0 Å². The number of Topliss-reactive ketones (excluding diaryl/α,β-unsaturated/α-hetero) is 1. The van der Waals surface area contributed by atoms with Crippen LogP contribution in [0.4, 0.5) is 0 Å². The number of rotatable bonds is 3. The molecule has 4 rings (SSSR count). The van der Waals surface area contributed by atoms with E-state index in [1.807, 2.05) is 6.07 Å². The summed E-state index contributed by atoms with van der Waals surface area (Å²) in [5.41, 5.74) is 1.98. The number of carbonyl (C=O) groups excluding carboxylic acids is 2. The van der Waals surface area contributed by atoms with Crippen LogP contribution in [0.1, 0.15) is 36.8 Å². The van der Waals surface area contributed by atoms with Crippen LogP contribution in [0.15, 0.2) is 16.9 Å². The SMILES string of the molecule is COc1ccc2c(c1C1CCNCC1)n(C)c(=O)n2C1C(=O)CCNC1=O. The highest BCUT2D eigenvalue weighted by Gasteiger charge is 2.36. The molecule has 2 N–H and O–H groups in total. The van der Waals surface area contributed by atoms with Gasteiger partial charge in [-0.05, 0) is 44.0 Å². The second-order valence-electron chi connectivity index (χ2n) is 7.19. The number of imidazole rings is 1. The number of piperidine rings is 2. The van der Waals surface area contributed by atoms with Gasteiger partial charge in [-0.15, -0.1) is 0 Å². The van der Waals surface area contributed by atoms with Crippen molar-refractivity contribution in [3.8, 4) is 5.75 Å². The van der Waals surface area contributed by atoms with Crippen LogP contribution >= 0.6 is 0 Å². The Hall–Kier alpha value is -2.61. The quantitative estimate of drug-likeness (QED) is 0.763. The summed E-state index contributed by atoms with van der Waals surface area (Å²) in [6, 6.07) is 2.50.